The summed E-state index contributed by atoms with van der Waals surface area (Å²) in [4.78, 5) is 3.38. The van der Waals surface area contributed by atoms with Crippen molar-refractivity contribution in [3.63, 3.8) is 0 Å². The molecule has 1 atom stereocenters. The van der Waals surface area contributed by atoms with Crippen LogP contribution in [0.25, 0.3) is 0 Å². The van der Waals surface area contributed by atoms with Crippen LogP contribution >= 0.6 is 0 Å². The summed E-state index contributed by atoms with van der Waals surface area (Å²) in [7, 11) is -2.29. The van der Waals surface area contributed by atoms with E-state index in [0.717, 1.165) is 16.8 Å². The van der Waals surface area contributed by atoms with E-state index in [1.807, 2.05) is 19.1 Å². The van der Waals surface area contributed by atoms with Crippen LogP contribution in [0.4, 0.5) is 15.8 Å². The fraction of sp³-hybridized carbons (Fsp3) is 0.280. The van der Waals surface area contributed by atoms with Crippen LogP contribution in [0.1, 0.15) is 28.4 Å². The molecule has 2 aromatic carbocycles. The Kier molecular flexibility index (Phi) is 7.06. The monoisotopic (exact) mass is 538 g/mol. The van der Waals surface area contributed by atoms with Gasteiger partial charge in [0.25, 0.3) is 10.0 Å². The third-order valence-corrected chi connectivity index (χ3v) is 8.30. The summed E-state index contributed by atoms with van der Waals surface area (Å²) in [6.45, 7) is 3.32. The molecule has 0 radical (unpaired) electrons. The second-order valence-corrected chi connectivity index (χ2v) is 11.0. The predicted molar refractivity (Wildman–Crippen MR) is 138 cm³/mol. The van der Waals surface area contributed by atoms with E-state index < -0.39 is 10.0 Å². The van der Waals surface area contributed by atoms with Crippen LogP contribution < -0.4 is 5.32 Å². The van der Waals surface area contributed by atoms with Gasteiger partial charge in [0.05, 0.1) is 11.9 Å². The Labute approximate surface area is 219 Å². The molecule has 4 aromatic rings. The van der Waals surface area contributed by atoms with E-state index in [2.05, 4.69) is 25.6 Å². The van der Waals surface area contributed by atoms with Gasteiger partial charge in [0.2, 0.25) is 5.03 Å². The summed E-state index contributed by atoms with van der Waals surface area (Å²) < 4.78 is 46.6. The molecular weight excluding hydrogens is 511 g/mol. The molecule has 1 fully saturated rings. The third-order valence-electron chi connectivity index (χ3n) is 6.57. The molecule has 38 heavy (non-hydrogen) atoms. The van der Waals surface area contributed by atoms with Crippen LogP contribution in [0, 0.1) is 18.2 Å². The van der Waals surface area contributed by atoms with Crippen LogP contribution in [0.2, 0.25) is 0 Å². The van der Waals surface area contributed by atoms with E-state index in [9.17, 15) is 12.8 Å². The van der Waals surface area contributed by atoms with Gasteiger partial charge < -0.3 is 15.2 Å². The quantitative estimate of drug-likeness (QED) is 0.327. The summed E-state index contributed by atoms with van der Waals surface area (Å²) in [5.74, 6) is -0.333. The summed E-state index contributed by atoms with van der Waals surface area (Å²) in [6, 6.07) is 11.3. The summed E-state index contributed by atoms with van der Waals surface area (Å²) in [5, 5.41) is 23.2. The zero-order valence-corrected chi connectivity index (χ0v) is 21.7. The molecule has 2 N–H and O–H groups in total. The number of rotatable bonds is 8. The summed E-state index contributed by atoms with van der Waals surface area (Å²) >= 11 is 0. The minimum Gasteiger partial charge on any atom is -0.364 e. The fourth-order valence-electron chi connectivity index (χ4n) is 4.62. The molecule has 0 aliphatic carbocycles. The topological polar surface area (TPSA) is 133 Å². The van der Waals surface area contributed by atoms with E-state index in [1.165, 1.54) is 39.9 Å². The zero-order chi connectivity index (χ0) is 26.9. The fourth-order valence-corrected chi connectivity index (χ4v) is 5.95. The number of hydrogen-bond donors (Lipinski definition) is 2. The second-order valence-electron chi connectivity index (χ2n) is 9.08. The number of hydrogen-bond acceptors (Lipinski definition) is 9. The van der Waals surface area contributed by atoms with Gasteiger partial charge in [0.15, 0.2) is 0 Å². The van der Waals surface area contributed by atoms with Gasteiger partial charge >= 0.3 is 0 Å². The largest absolute Gasteiger partial charge is 0.364 e. The van der Waals surface area contributed by atoms with Crippen molar-refractivity contribution < 1.29 is 17.3 Å². The number of nitrogens with one attached hydrogen (secondary N) is 2. The van der Waals surface area contributed by atoms with Crippen molar-refractivity contribution in [1.82, 2.24) is 29.4 Å². The van der Waals surface area contributed by atoms with Crippen molar-refractivity contribution in [1.29, 1.82) is 5.41 Å². The van der Waals surface area contributed by atoms with Gasteiger partial charge in [-0.05, 0) is 54.4 Å². The average Bonchev–Trinajstić information content (AvgIpc) is 3.58. The van der Waals surface area contributed by atoms with E-state index in [4.69, 9.17) is 9.93 Å². The maximum atomic E-state index is 13.4. The minimum atomic E-state index is -3.86. The highest BCUT2D eigenvalue weighted by atomic mass is 32.2. The molecular formula is C25H27FN8O3S. The Hall–Kier alpha value is -3.94. The summed E-state index contributed by atoms with van der Waals surface area (Å²) in [6.07, 6.45) is 4.00. The molecule has 198 valence electrons. The van der Waals surface area contributed by atoms with Gasteiger partial charge in [0, 0.05) is 68.5 Å². The molecule has 1 aliphatic heterocycles. The molecule has 11 nitrogen and oxygen atoms in total. The smallest absolute Gasteiger partial charge is 0.264 e. The number of sulfonamides is 1. The lowest BCUT2D eigenvalue weighted by molar-refractivity contribution is 0.107. The van der Waals surface area contributed by atoms with Crippen LogP contribution in [0.5, 0.6) is 0 Å². The van der Waals surface area contributed by atoms with Gasteiger partial charge in [0.1, 0.15) is 12.1 Å². The first-order chi connectivity index (χ1) is 18.2. The first kappa shape index (κ1) is 25.7. The van der Waals surface area contributed by atoms with Gasteiger partial charge in [-0.1, -0.05) is 5.16 Å². The number of piperazine rings is 1. The molecule has 0 amide bonds. The van der Waals surface area contributed by atoms with Crippen molar-refractivity contribution in [2.45, 2.75) is 24.5 Å². The molecule has 1 aliphatic rings. The van der Waals surface area contributed by atoms with Crippen LogP contribution in [0.15, 0.2) is 64.5 Å². The molecule has 0 saturated carbocycles. The third kappa shape index (κ3) is 5.21. The van der Waals surface area contributed by atoms with Crippen molar-refractivity contribution in [3.8, 4) is 0 Å². The zero-order valence-electron chi connectivity index (χ0n) is 20.9. The van der Waals surface area contributed by atoms with Crippen molar-refractivity contribution in [2.24, 2.45) is 7.05 Å². The second kappa shape index (κ2) is 10.4. The van der Waals surface area contributed by atoms with E-state index in [1.54, 1.807) is 25.2 Å². The van der Waals surface area contributed by atoms with Crippen LogP contribution in [-0.2, 0) is 23.6 Å². The molecule has 0 unspecified atom stereocenters. The van der Waals surface area contributed by atoms with Crippen molar-refractivity contribution in [3.05, 3.63) is 83.1 Å². The lowest BCUT2D eigenvalue weighted by atomic mass is 9.94. The lowest BCUT2D eigenvalue weighted by Crippen LogP contribution is -2.50. The first-order valence-electron chi connectivity index (χ1n) is 11.9. The molecule has 2 aromatic heterocycles. The SMILES string of the molecule is Cc1cc(Nc2ccc(F)cc2)c(C=N)cc1[C@@H]1CN(S(=O)(=O)c2cnn(C)n2)CCN1Cc1ccon1. The standard InChI is InChI=1S/C25H27FN8O3S/c1-17-11-23(29-20-5-3-19(26)4-6-20)18(13-27)12-22(17)24-16-34(38(35,36)25-14-28-32(2)30-25)9-8-33(24)15-21-7-10-37-31-21/h3-7,10-14,24,27,29H,8-9,15-16H2,1-2H3/t24-/m0/s1. The van der Waals surface area contributed by atoms with E-state index >= 15 is 0 Å². The molecule has 0 bridgehead atoms. The Morgan fingerprint density at radius 3 is 2.66 bits per heavy atom. The maximum Gasteiger partial charge on any atom is 0.264 e. The first-order valence-corrected chi connectivity index (χ1v) is 13.4. The Bertz CT molecular complexity index is 1540. The molecule has 0 spiro atoms. The van der Waals surface area contributed by atoms with Gasteiger partial charge in [-0.3, -0.25) is 4.90 Å². The number of nitrogens with zero attached hydrogens (tertiary/aromatic N) is 6. The van der Waals surface area contributed by atoms with E-state index in [-0.39, 0.29) is 30.0 Å². The van der Waals surface area contributed by atoms with Crippen molar-refractivity contribution >= 4 is 27.6 Å². The number of anilines is 2. The molecule has 1 saturated heterocycles. The molecule has 13 heteroatoms. The van der Waals surface area contributed by atoms with Gasteiger partial charge in [-0.25, -0.2) is 12.8 Å². The average molecular weight is 539 g/mol. The number of aryl methyl sites for hydroxylation is 2. The van der Waals surface area contributed by atoms with E-state index in [0.29, 0.717) is 30.0 Å². The minimum absolute atomic E-state index is 0.0977. The predicted octanol–water partition coefficient (Wildman–Crippen LogP) is 3.24. The highest BCUT2D eigenvalue weighted by Gasteiger charge is 2.37. The highest BCUT2D eigenvalue weighted by Crippen LogP contribution is 2.34. The van der Waals surface area contributed by atoms with Gasteiger partial charge in [-0.2, -0.15) is 14.2 Å². The Balaban J connectivity index is 1.50. The lowest BCUT2D eigenvalue weighted by Gasteiger charge is -2.41. The van der Waals surface area contributed by atoms with Crippen LogP contribution in [-0.4, -0.2) is 63.6 Å². The molecule has 5 rings (SSSR count). The van der Waals surface area contributed by atoms with Crippen LogP contribution in [0.3, 0.4) is 0 Å². The number of aromatic nitrogens is 4. The van der Waals surface area contributed by atoms with Gasteiger partial charge in [-0.15, -0.1) is 5.10 Å². The highest BCUT2D eigenvalue weighted by molar-refractivity contribution is 7.89. The Morgan fingerprint density at radius 1 is 1.21 bits per heavy atom. The molecule has 3 heterocycles. The summed E-state index contributed by atoms with van der Waals surface area (Å²) in [5.41, 5.74) is 4.53. The number of halogens is 1. The maximum absolute atomic E-state index is 13.4. The number of benzene rings is 2. The normalized spacial score (nSPS) is 17.0. The van der Waals surface area contributed by atoms with Crippen molar-refractivity contribution in [2.75, 3.05) is 25.0 Å². The Morgan fingerprint density at radius 2 is 2.00 bits per heavy atom.